The number of nitrogens with one attached hydrogen (secondary N) is 1. The first-order valence-corrected chi connectivity index (χ1v) is 15.9. The Bertz CT molecular complexity index is 1580. The molecule has 20 nitrogen and oxygen atoms in total. The third kappa shape index (κ3) is 7.78. The maximum atomic E-state index is 12.0. The van der Waals surface area contributed by atoms with Gasteiger partial charge in [0.2, 0.25) is 0 Å². The molecule has 1 aromatic carbocycles. The number of rotatable bonds is 12. The van der Waals surface area contributed by atoms with Gasteiger partial charge in [0, 0.05) is 12.5 Å². The van der Waals surface area contributed by atoms with Crippen LogP contribution in [0.2, 0.25) is 0 Å². The van der Waals surface area contributed by atoms with E-state index in [2.05, 4.69) is 33.4 Å². The Labute approximate surface area is 229 Å². The Morgan fingerprint density at radius 1 is 1.15 bits per heavy atom. The Hall–Kier alpha value is -2.70. The van der Waals surface area contributed by atoms with Gasteiger partial charge in [0.25, 0.3) is 5.69 Å². The van der Waals surface area contributed by atoms with Gasteiger partial charge in [-0.2, -0.15) is 8.62 Å². The Morgan fingerprint density at radius 2 is 1.85 bits per heavy atom. The lowest BCUT2D eigenvalue weighted by molar-refractivity contribution is -0.385. The van der Waals surface area contributed by atoms with Gasteiger partial charge in [-0.3, -0.25) is 19.2 Å². The molecule has 0 radical (unpaired) electrons. The van der Waals surface area contributed by atoms with Crippen LogP contribution in [0.3, 0.4) is 0 Å². The van der Waals surface area contributed by atoms with Crippen molar-refractivity contribution < 1.29 is 61.2 Å². The summed E-state index contributed by atoms with van der Waals surface area (Å²) in [4.78, 5) is 59.6. The predicted octanol–water partition coefficient (Wildman–Crippen LogP) is 1.90. The molecule has 3 heterocycles. The number of para-hydroxylation sites is 1. The van der Waals surface area contributed by atoms with E-state index in [4.69, 9.17) is 14.5 Å². The predicted molar refractivity (Wildman–Crippen MR) is 135 cm³/mol. The van der Waals surface area contributed by atoms with Crippen LogP contribution in [0.25, 0.3) is 11.2 Å². The van der Waals surface area contributed by atoms with E-state index in [-0.39, 0.29) is 29.1 Å². The molecule has 6 N–H and O–H groups in total. The van der Waals surface area contributed by atoms with Crippen LogP contribution in [0.1, 0.15) is 31.2 Å². The first-order valence-electron chi connectivity index (χ1n) is 11.3. The van der Waals surface area contributed by atoms with Gasteiger partial charge < -0.3 is 34.7 Å². The average molecular weight is 640 g/mol. The first-order chi connectivity index (χ1) is 19.1. The third-order valence-corrected chi connectivity index (χ3v) is 9.45. The van der Waals surface area contributed by atoms with Gasteiger partial charge in [-0.05, 0) is 6.92 Å². The number of ether oxygens (including phenoxy) is 1. The van der Waals surface area contributed by atoms with E-state index in [1.807, 2.05) is 0 Å². The molecule has 1 aliphatic heterocycles. The van der Waals surface area contributed by atoms with Gasteiger partial charge >= 0.3 is 23.5 Å². The molecule has 3 aromatic rings. The summed E-state index contributed by atoms with van der Waals surface area (Å²) in [7, 11) is -16.7. The number of aromatic nitrogens is 4. The van der Waals surface area contributed by atoms with Gasteiger partial charge in [0.15, 0.2) is 17.0 Å². The van der Waals surface area contributed by atoms with Crippen molar-refractivity contribution in [1.29, 1.82) is 0 Å². The Kier molecular flexibility index (Phi) is 9.06. The van der Waals surface area contributed by atoms with Gasteiger partial charge in [-0.15, -0.1) is 0 Å². The molecule has 2 aromatic heterocycles. The minimum absolute atomic E-state index is 0.0741. The van der Waals surface area contributed by atoms with Crippen LogP contribution in [-0.4, -0.2) is 67.9 Å². The number of nitro groups is 1. The Morgan fingerprint density at radius 3 is 2.54 bits per heavy atom. The van der Waals surface area contributed by atoms with Crippen LogP contribution in [0.15, 0.2) is 36.9 Å². The summed E-state index contributed by atoms with van der Waals surface area (Å²) in [5.41, 5.74) is 0.847. The second kappa shape index (κ2) is 11.9. The van der Waals surface area contributed by atoms with Crippen LogP contribution in [0.4, 0.5) is 11.5 Å². The Balaban J connectivity index is 1.45. The summed E-state index contributed by atoms with van der Waals surface area (Å²) in [6.07, 6.45) is -0.979. The van der Waals surface area contributed by atoms with Crippen LogP contribution in [0.5, 0.6) is 0 Å². The van der Waals surface area contributed by atoms with E-state index in [1.54, 1.807) is 25.1 Å². The van der Waals surface area contributed by atoms with E-state index in [9.17, 15) is 38.7 Å². The molecule has 0 bridgehead atoms. The fourth-order valence-electron chi connectivity index (χ4n) is 3.98. The van der Waals surface area contributed by atoms with E-state index in [0.717, 1.165) is 0 Å². The van der Waals surface area contributed by atoms with Crippen molar-refractivity contribution in [3.8, 4) is 0 Å². The maximum absolute atomic E-state index is 12.0. The highest BCUT2D eigenvalue weighted by Crippen LogP contribution is 2.66. The zero-order valence-corrected chi connectivity index (χ0v) is 23.4. The minimum atomic E-state index is -5.70. The van der Waals surface area contributed by atoms with Gasteiger partial charge in [-0.25, -0.2) is 28.6 Å². The van der Waals surface area contributed by atoms with Crippen molar-refractivity contribution in [3.05, 3.63) is 52.6 Å². The lowest BCUT2D eigenvalue weighted by atomic mass is 10.1. The summed E-state index contributed by atoms with van der Waals surface area (Å²) >= 11 is 0. The topological polar surface area (TPSA) is 288 Å². The number of phosphoric ester groups is 1. The number of nitrogens with zero attached hydrogens (tertiary/aromatic N) is 5. The van der Waals surface area contributed by atoms with Crippen LogP contribution in [0, 0.1) is 10.1 Å². The largest absolute Gasteiger partial charge is 0.490 e. The molecule has 0 spiro atoms. The number of hydrogen-bond donors (Lipinski definition) is 6. The number of fused-ring (bicyclic) bond motifs is 1. The standard InChI is InChI=1S/C18H23N6O14P3/c1-10(11-4-2-3-5-12(11)24(26)27)22-17-16-18(20-8-19-17)23(9-21-16)15-6-13(25)14(36-15)7-35-40(31,32)38-41(33,34)37-39(28,29)30/h2-5,8-10,13-15,25H,6-7H2,1H3,(H,31,32)(H,33,34)(H,19,20,22)(H2,28,29,30)/t10?,13?,14-,15-/m1/s1. The maximum Gasteiger partial charge on any atom is 0.490 e. The normalized spacial score (nSPS) is 23.1. The van der Waals surface area contributed by atoms with Crippen LogP contribution in [-0.2, 0) is 31.6 Å². The quantitative estimate of drug-likeness (QED) is 0.0935. The molecule has 1 fully saturated rings. The number of hydrogen-bond acceptors (Lipinski definition) is 14. The second-order valence-corrected chi connectivity index (χ2v) is 13.0. The second-order valence-electron chi connectivity index (χ2n) is 8.55. The molecule has 23 heteroatoms. The SMILES string of the molecule is CC(Nc1ncnc2c1ncn2[C@H]1CC(O)[C@@H](COP(=O)(O)OP(=O)(O)OP(=O)(O)O)O1)c1ccccc1[N+](=O)[O-]. The highest BCUT2D eigenvalue weighted by molar-refractivity contribution is 7.66. The summed E-state index contributed by atoms with van der Waals surface area (Å²) in [5, 5.41) is 24.9. The number of phosphoric acid groups is 3. The van der Waals surface area contributed by atoms with Crippen LogP contribution < -0.4 is 5.32 Å². The molecule has 6 atom stereocenters. The van der Waals surface area contributed by atoms with Crippen molar-refractivity contribution in [2.45, 2.75) is 37.8 Å². The molecular weight excluding hydrogens is 617 g/mol. The number of benzene rings is 1. The summed E-state index contributed by atoms with van der Waals surface area (Å²) < 4.78 is 53.2. The van der Waals surface area contributed by atoms with Crippen molar-refractivity contribution in [2.24, 2.45) is 0 Å². The molecule has 41 heavy (non-hydrogen) atoms. The zero-order valence-electron chi connectivity index (χ0n) is 20.7. The fourth-order valence-corrected chi connectivity index (χ4v) is 7.01. The van der Waals surface area contributed by atoms with Gasteiger partial charge in [-0.1, -0.05) is 18.2 Å². The highest BCUT2D eigenvalue weighted by Gasteiger charge is 2.43. The van der Waals surface area contributed by atoms with Crippen molar-refractivity contribution in [3.63, 3.8) is 0 Å². The number of aliphatic hydroxyl groups excluding tert-OH is 1. The summed E-state index contributed by atoms with van der Waals surface area (Å²) in [5.74, 6) is 0.252. The highest BCUT2D eigenvalue weighted by atomic mass is 31.3. The summed E-state index contributed by atoms with van der Waals surface area (Å²) in [6, 6.07) is 5.63. The molecule has 4 rings (SSSR count). The van der Waals surface area contributed by atoms with Crippen molar-refractivity contribution in [1.82, 2.24) is 19.5 Å². The van der Waals surface area contributed by atoms with E-state index in [0.29, 0.717) is 5.56 Å². The van der Waals surface area contributed by atoms with E-state index >= 15 is 0 Å². The average Bonchev–Trinajstić information content (AvgIpc) is 3.44. The fraction of sp³-hybridized carbons (Fsp3) is 0.389. The molecule has 0 amide bonds. The van der Waals surface area contributed by atoms with Crippen molar-refractivity contribution >= 4 is 46.1 Å². The minimum Gasteiger partial charge on any atom is -0.390 e. The first kappa shape index (κ1) is 31.2. The number of imidazole rings is 1. The molecular formula is C18H23N6O14P3. The third-order valence-electron chi connectivity index (χ3n) is 5.64. The smallest absolute Gasteiger partial charge is 0.390 e. The van der Waals surface area contributed by atoms with Crippen LogP contribution >= 0.6 is 23.5 Å². The zero-order chi connectivity index (χ0) is 30.2. The lowest BCUT2D eigenvalue weighted by Gasteiger charge is -2.19. The summed E-state index contributed by atoms with van der Waals surface area (Å²) in [6.45, 7) is 0.856. The van der Waals surface area contributed by atoms with E-state index in [1.165, 1.54) is 23.3 Å². The van der Waals surface area contributed by atoms with Crippen molar-refractivity contribution in [2.75, 3.05) is 11.9 Å². The lowest BCUT2D eigenvalue weighted by Crippen LogP contribution is -2.26. The number of anilines is 1. The molecule has 224 valence electrons. The van der Waals surface area contributed by atoms with E-state index < -0.39 is 59.5 Å². The number of aliphatic hydroxyl groups is 1. The monoisotopic (exact) mass is 640 g/mol. The molecule has 1 aliphatic rings. The molecule has 0 saturated carbocycles. The molecule has 4 unspecified atom stereocenters. The van der Waals surface area contributed by atoms with Gasteiger partial charge in [0.1, 0.15) is 18.7 Å². The molecule has 1 saturated heterocycles. The van der Waals surface area contributed by atoms with Gasteiger partial charge in [0.05, 0.1) is 35.6 Å². The number of nitro benzene ring substituents is 1. The molecule has 0 aliphatic carbocycles.